The molecule has 0 aliphatic heterocycles. The summed E-state index contributed by atoms with van der Waals surface area (Å²) in [6, 6.07) is 29.3. The fourth-order valence-electron chi connectivity index (χ4n) is 4.06. The van der Waals surface area contributed by atoms with Crippen LogP contribution in [-0.2, 0) is 9.59 Å². The van der Waals surface area contributed by atoms with Crippen molar-refractivity contribution in [2.75, 3.05) is 10.6 Å². The molecule has 4 aromatic rings. The van der Waals surface area contributed by atoms with E-state index in [0.29, 0.717) is 11.3 Å². The molecule has 0 bridgehead atoms. The highest BCUT2D eigenvalue weighted by Gasteiger charge is 2.17. The van der Waals surface area contributed by atoms with Crippen molar-refractivity contribution in [2.24, 2.45) is 0 Å². The van der Waals surface area contributed by atoms with Crippen molar-refractivity contribution >= 4 is 62.9 Å². The summed E-state index contributed by atoms with van der Waals surface area (Å²) in [5.41, 5.74) is 4.75. The van der Waals surface area contributed by atoms with Crippen molar-refractivity contribution in [3.05, 3.63) is 129 Å². The van der Waals surface area contributed by atoms with Gasteiger partial charge in [-0.05, 0) is 98.1 Å². The Bertz CT molecular complexity index is 1570. The molecule has 41 heavy (non-hydrogen) atoms. The Morgan fingerprint density at radius 2 is 1.46 bits per heavy atom. The van der Waals surface area contributed by atoms with E-state index in [4.69, 9.17) is 0 Å². The molecule has 0 fully saturated rings. The van der Waals surface area contributed by atoms with E-state index in [2.05, 4.69) is 37.9 Å². The van der Waals surface area contributed by atoms with Crippen LogP contribution >= 0.6 is 27.7 Å². The number of nitrogens with one attached hydrogen (secondary N) is 3. The van der Waals surface area contributed by atoms with Gasteiger partial charge >= 0.3 is 0 Å². The third-order valence-electron chi connectivity index (χ3n) is 5.97. The molecular weight excluding hydrogens is 598 g/mol. The molecule has 0 spiro atoms. The van der Waals surface area contributed by atoms with Crippen molar-refractivity contribution < 1.29 is 14.4 Å². The van der Waals surface area contributed by atoms with Crippen LogP contribution in [0.1, 0.15) is 34.0 Å². The standard InChI is InChI=1S/C33H30BrN3O3S/c1-21-16-22(2)18-28(17-21)36-31(38)23(3)41-29-11-7-10-27(20-29)35-33(40)30(19-24-12-14-26(34)15-13-24)37-32(39)25-8-5-4-6-9-25/h4-20,23H,1-3H3,(H,35,40)(H,36,38)(H,37,39)/b30-19-. The number of benzene rings is 4. The molecule has 4 aromatic carbocycles. The molecule has 1 atom stereocenters. The lowest BCUT2D eigenvalue weighted by Crippen LogP contribution is -2.30. The van der Waals surface area contributed by atoms with Gasteiger partial charge in [-0.25, -0.2) is 0 Å². The maximum absolute atomic E-state index is 13.4. The minimum absolute atomic E-state index is 0.0976. The van der Waals surface area contributed by atoms with Gasteiger partial charge < -0.3 is 16.0 Å². The SMILES string of the molecule is Cc1cc(C)cc(NC(=O)C(C)Sc2cccc(NC(=O)/C(=C/c3ccc(Br)cc3)NC(=O)c3ccccc3)c2)c1. The summed E-state index contributed by atoms with van der Waals surface area (Å²) in [6.45, 7) is 5.83. The molecule has 4 rings (SSSR count). The molecular formula is C33H30BrN3O3S. The van der Waals surface area contributed by atoms with Gasteiger partial charge in [0.25, 0.3) is 11.8 Å². The summed E-state index contributed by atoms with van der Waals surface area (Å²) in [6.07, 6.45) is 1.63. The Morgan fingerprint density at radius 3 is 2.15 bits per heavy atom. The lowest BCUT2D eigenvalue weighted by atomic mass is 10.1. The van der Waals surface area contributed by atoms with Gasteiger partial charge in [0.2, 0.25) is 5.91 Å². The number of thioether (sulfide) groups is 1. The predicted molar refractivity (Wildman–Crippen MR) is 171 cm³/mol. The molecule has 1 unspecified atom stereocenters. The molecule has 8 heteroatoms. The third-order valence-corrected chi connectivity index (χ3v) is 7.60. The van der Waals surface area contributed by atoms with Gasteiger partial charge in [0.1, 0.15) is 5.70 Å². The van der Waals surface area contributed by atoms with Crippen LogP contribution < -0.4 is 16.0 Å². The molecule has 0 aliphatic rings. The van der Waals surface area contributed by atoms with Gasteiger partial charge in [-0.15, -0.1) is 11.8 Å². The molecule has 0 heterocycles. The number of carbonyl (C=O) groups excluding carboxylic acids is 3. The number of hydrogen-bond acceptors (Lipinski definition) is 4. The summed E-state index contributed by atoms with van der Waals surface area (Å²) >= 11 is 4.80. The first kappa shape index (κ1) is 29.8. The highest BCUT2D eigenvalue weighted by molar-refractivity contribution is 9.10. The van der Waals surface area contributed by atoms with Gasteiger partial charge in [0.05, 0.1) is 5.25 Å². The lowest BCUT2D eigenvalue weighted by Gasteiger charge is -2.14. The average molecular weight is 629 g/mol. The Hall–Kier alpha value is -4.14. The summed E-state index contributed by atoms with van der Waals surface area (Å²) in [4.78, 5) is 39.9. The quantitative estimate of drug-likeness (QED) is 0.132. The van der Waals surface area contributed by atoms with Crippen LogP contribution in [0, 0.1) is 13.8 Å². The van der Waals surface area contributed by atoms with Crippen molar-refractivity contribution in [1.82, 2.24) is 5.32 Å². The molecule has 6 nitrogen and oxygen atoms in total. The highest BCUT2D eigenvalue weighted by Crippen LogP contribution is 2.27. The van der Waals surface area contributed by atoms with E-state index in [1.165, 1.54) is 11.8 Å². The van der Waals surface area contributed by atoms with Crippen LogP contribution in [0.25, 0.3) is 6.08 Å². The van der Waals surface area contributed by atoms with Crippen molar-refractivity contribution in [1.29, 1.82) is 0 Å². The second-order valence-corrected chi connectivity index (χ2v) is 11.9. The molecule has 3 amide bonds. The fourth-order valence-corrected chi connectivity index (χ4v) is 5.25. The highest BCUT2D eigenvalue weighted by atomic mass is 79.9. The molecule has 0 radical (unpaired) electrons. The number of halogens is 1. The maximum atomic E-state index is 13.4. The Balaban J connectivity index is 1.47. The zero-order chi connectivity index (χ0) is 29.4. The fraction of sp³-hybridized carbons (Fsp3) is 0.121. The van der Waals surface area contributed by atoms with Crippen molar-refractivity contribution in [2.45, 2.75) is 30.9 Å². The van der Waals surface area contributed by atoms with E-state index in [-0.39, 0.29) is 16.9 Å². The predicted octanol–water partition coefficient (Wildman–Crippen LogP) is 7.59. The minimum Gasteiger partial charge on any atom is -0.325 e. The molecule has 3 N–H and O–H groups in total. The number of aryl methyl sites for hydroxylation is 2. The van der Waals surface area contributed by atoms with Crippen LogP contribution in [-0.4, -0.2) is 23.0 Å². The molecule has 0 saturated heterocycles. The number of amides is 3. The number of carbonyl (C=O) groups is 3. The van der Waals surface area contributed by atoms with E-state index in [0.717, 1.165) is 31.7 Å². The molecule has 0 saturated carbocycles. The first-order valence-corrected chi connectivity index (χ1v) is 14.6. The number of hydrogen-bond donors (Lipinski definition) is 3. The minimum atomic E-state index is -0.472. The van der Waals surface area contributed by atoms with Crippen LogP contribution in [0.4, 0.5) is 11.4 Å². The second kappa shape index (κ2) is 14.0. The molecule has 0 aromatic heterocycles. The maximum Gasteiger partial charge on any atom is 0.272 e. The van der Waals surface area contributed by atoms with E-state index >= 15 is 0 Å². The first-order valence-electron chi connectivity index (χ1n) is 13.0. The van der Waals surface area contributed by atoms with E-state index in [1.54, 1.807) is 42.5 Å². The monoisotopic (exact) mass is 627 g/mol. The Kier molecular flexibility index (Phi) is 10.2. The van der Waals surface area contributed by atoms with Crippen LogP contribution in [0.5, 0.6) is 0 Å². The number of rotatable bonds is 9. The molecule has 208 valence electrons. The van der Waals surface area contributed by atoms with Crippen LogP contribution in [0.2, 0.25) is 0 Å². The largest absolute Gasteiger partial charge is 0.325 e. The van der Waals surface area contributed by atoms with Gasteiger partial charge in [0.15, 0.2) is 0 Å². The van der Waals surface area contributed by atoms with Crippen LogP contribution in [0.15, 0.2) is 112 Å². The van der Waals surface area contributed by atoms with Gasteiger partial charge in [-0.1, -0.05) is 58.4 Å². The number of anilines is 2. The van der Waals surface area contributed by atoms with Gasteiger partial charge in [-0.2, -0.15) is 0 Å². The van der Waals surface area contributed by atoms with Gasteiger partial charge in [0, 0.05) is 26.3 Å². The van der Waals surface area contributed by atoms with Gasteiger partial charge in [-0.3, -0.25) is 14.4 Å². The summed E-state index contributed by atoms with van der Waals surface area (Å²) in [5.74, 6) is -0.977. The first-order chi connectivity index (χ1) is 19.7. The van der Waals surface area contributed by atoms with E-state index in [1.807, 2.05) is 75.4 Å². The topological polar surface area (TPSA) is 87.3 Å². The zero-order valence-electron chi connectivity index (χ0n) is 22.9. The Labute approximate surface area is 252 Å². The van der Waals surface area contributed by atoms with Crippen molar-refractivity contribution in [3.8, 4) is 0 Å². The van der Waals surface area contributed by atoms with E-state index < -0.39 is 11.8 Å². The van der Waals surface area contributed by atoms with Crippen molar-refractivity contribution in [3.63, 3.8) is 0 Å². The third kappa shape index (κ3) is 8.93. The smallest absolute Gasteiger partial charge is 0.272 e. The Morgan fingerprint density at radius 1 is 0.780 bits per heavy atom. The zero-order valence-corrected chi connectivity index (χ0v) is 25.3. The summed E-state index contributed by atoms with van der Waals surface area (Å²) < 4.78 is 0.903. The second-order valence-electron chi connectivity index (χ2n) is 9.54. The average Bonchev–Trinajstić information content (AvgIpc) is 2.94. The summed E-state index contributed by atoms with van der Waals surface area (Å²) in [5, 5.41) is 8.24. The van der Waals surface area contributed by atoms with E-state index in [9.17, 15) is 14.4 Å². The lowest BCUT2D eigenvalue weighted by molar-refractivity contribution is -0.115. The van der Waals surface area contributed by atoms with Crippen LogP contribution in [0.3, 0.4) is 0 Å². The summed E-state index contributed by atoms with van der Waals surface area (Å²) in [7, 11) is 0. The molecule has 0 aliphatic carbocycles. The normalized spacial score (nSPS) is 11.9.